The molecule has 1 aromatic carbocycles. The molecule has 2 aliphatic carbocycles. The lowest BCUT2D eigenvalue weighted by Crippen LogP contribution is -2.24. The van der Waals surface area contributed by atoms with Gasteiger partial charge in [0.05, 0.1) is 24.1 Å². The molecule has 3 fully saturated rings. The van der Waals surface area contributed by atoms with E-state index < -0.39 is 35.0 Å². The summed E-state index contributed by atoms with van der Waals surface area (Å²) < 4.78 is 36.2. The van der Waals surface area contributed by atoms with E-state index in [0.29, 0.717) is 19.0 Å². The quantitative estimate of drug-likeness (QED) is 0.846. The van der Waals surface area contributed by atoms with Crippen molar-refractivity contribution in [1.82, 2.24) is 4.57 Å². The van der Waals surface area contributed by atoms with Crippen molar-refractivity contribution in [2.24, 2.45) is 11.3 Å². The second-order valence-corrected chi connectivity index (χ2v) is 8.68. The molecule has 2 aromatic rings. The number of halogens is 2. The molecule has 8 heteroatoms. The third-order valence-electron chi connectivity index (χ3n) is 6.92. The van der Waals surface area contributed by atoms with Gasteiger partial charge in [-0.3, -0.25) is 4.79 Å². The molecule has 2 saturated carbocycles. The van der Waals surface area contributed by atoms with E-state index in [1.165, 1.54) is 11.7 Å². The number of methoxy groups -OCH3 is 1. The predicted molar refractivity (Wildman–Crippen MR) is 103 cm³/mol. The van der Waals surface area contributed by atoms with Gasteiger partial charge in [0.1, 0.15) is 17.4 Å². The van der Waals surface area contributed by atoms with Crippen molar-refractivity contribution in [3.8, 4) is 5.75 Å². The molecule has 5 rings (SSSR count). The Morgan fingerprint density at radius 2 is 2.07 bits per heavy atom. The number of fused-ring (bicyclic) bond motifs is 1. The number of hydrogen-bond acceptors (Lipinski definition) is 4. The lowest BCUT2D eigenvalue weighted by molar-refractivity contribution is 0.0694. The van der Waals surface area contributed by atoms with Crippen LogP contribution in [0.1, 0.15) is 42.6 Å². The fraction of sp³-hybridized carbons (Fsp3) is 0.524. The number of ether oxygens (including phenoxy) is 1. The fourth-order valence-electron chi connectivity index (χ4n) is 4.89. The van der Waals surface area contributed by atoms with Gasteiger partial charge in [0.2, 0.25) is 5.43 Å². The van der Waals surface area contributed by atoms with Gasteiger partial charge in [-0.2, -0.15) is 0 Å². The first-order valence-corrected chi connectivity index (χ1v) is 9.85. The molecule has 1 N–H and O–H groups in total. The van der Waals surface area contributed by atoms with Gasteiger partial charge in [-0.15, -0.1) is 0 Å². The van der Waals surface area contributed by atoms with Crippen LogP contribution in [0, 0.1) is 17.2 Å². The van der Waals surface area contributed by atoms with Crippen molar-refractivity contribution in [2.45, 2.75) is 38.4 Å². The van der Waals surface area contributed by atoms with E-state index in [1.54, 1.807) is 0 Å². The van der Waals surface area contributed by atoms with Crippen LogP contribution < -0.4 is 15.1 Å². The van der Waals surface area contributed by atoms with Gasteiger partial charge in [0, 0.05) is 25.7 Å². The van der Waals surface area contributed by atoms with E-state index >= 15 is 4.39 Å². The molecule has 0 unspecified atom stereocenters. The Hall–Kier alpha value is -2.64. The van der Waals surface area contributed by atoms with Crippen LogP contribution in [0.2, 0.25) is 0 Å². The number of nitrogens with zero attached hydrogens (tertiary/aromatic N) is 2. The van der Waals surface area contributed by atoms with Crippen LogP contribution in [0.4, 0.5) is 14.5 Å². The summed E-state index contributed by atoms with van der Waals surface area (Å²) in [5.41, 5.74) is -0.564. The van der Waals surface area contributed by atoms with E-state index in [2.05, 4.69) is 6.92 Å². The van der Waals surface area contributed by atoms with E-state index in [4.69, 9.17) is 4.74 Å². The summed E-state index contributed by atoms with van der Waals surface area (Å²) in [6.45, 7) is 3.54. The average molecular weight is 404 g/mol. The summed E-state index contributed by atoms with van der Waals surface area (Å²) in [5.74, 6) is -1.47. The fourth-order valence-corrected chi connectivity index (χ4v) is 4.89. The normalized spacial score (nSPS) is 26.9. The minimum Gasteiger partial charge on any atom is -0.492 e. The SMILES string of the molecule is COc1c(N2C[C@@H](C)C3(CC3)C2)c(F)cc2c(=O)c(C(=O)O)cn([C@@H]3C[C@@H]3F)c12. The zero-order valence-corrected chi connectivity index (χ0v) is 16.2. The molecule has 1 saturated heterocycles. The molecule has 1 aliphatic heterocycles. The van der Waals surface area contributed by atoms with Crippen LogP contribution >= 0.6 is 0 Å². The van der Waals surface area contributed by atoms with E-state index in [-0.39, 0.29) is 34.2 Å². The predicted octanol–water partition coefficient (Wildman–Crippen LogP) is 3.37. The molecule has 0 bridgehead atoms. The highest BCUT2D eigenvalue weighted by Crippen LogP contribution is 2.58. The monoisotopic (exact) mass is 404 g/mol. The lowest BCUT2D eigenvalue weighted by Gasteiger charge is -2.25. The molecule has 0 amide bonds. The number of aromatic nitrogens is 1. The third kappa shape index (κ3) is 2.57. The summed E-state index contributed by atoms with van der Waals surface area (Å²) in [6, 6.07) is 0.493. The highest BCUT2D eigenvalue weighted by Gasteiger charge is 2.53. The first-order valence-electron chi connectivity index (χ1n) is 9.85. The van der Waals surface area contributed by atoms with Gasteiger partial charge in [-0.05, 0) is 30.2 Å². The topological polar surface area (TPSA) is 71.8 Å². The number of carboxylic acid groups (broad SMARTS) is 1. The average Bonchev–Trinajstić information content (AvgIpc) is 3.56. The molecule has 2 heterocycles. The standard InChI is InChI=1S/C21H22F2N2O4/c1-10-7-24(9-21(10)3-4-21)17-14(23)5-11-16(19(17)29-2)25(15-6-13(15)22)8-12(18(11)26)20(27)28/h5,8,10,13,15H,3-4,6-7,9H2,1-2H3,(H,27,28)/t10-,13+,15-/m1/s1. The van der Waals surface area contributed by atoms with Crippen LogP contribution in [-0.2, 0) is 0 Å². The maximum atomic E-state index is 15.3. The minimum absolute atomic E-state index is 0.101. The third-order valence-corrected chi connectivity index (χ3v) is 6.92. The Labute approximate surface area is 165 Å². The number of pyridine rings is 1. The largest absolute Gasteiger partial charge is 0.492 e. The van der Waals surface area contributed by atoms with Crippen molar-refractivity contribution in [2.75, 3.05) is 25.1 Å². The Morgan fingerprint density at radius 3 is 2.59 bits per heavy atom. The summed E-state index contributed by atoms with van der Waals surface area (Å²) in [4.78, 5) is 26.2. The van der Waals surface area contributed by atoms with Gasteiger partial charge in [-0.1, -0.05) is 6.92 Å². The van der Waals surface area contributed by atoms with Crippen LogP contribution in [0.5, 0.6) is 5.75 Å². The van der Waals surface area contributed by atoms with Gasteiger partial charge in [-0.25, -0.2) is 13.6 Å². The summed E-state index contributed by atoms with van der Waals surface area (Å²) in [5, 5.41) is 9.29. The summed E-state index contributed by atoms with van der Waals surface area (Å²) in [6.07, 6.45) is 2.47. The molecule has 3 aliphatic rings. The number of aromatic carboxylic acids is 1. The number of carbonyl (C=O) groups is 1. The summed E-state index contributed by atoms with van der Waals surface area (Å²) >= 11 is 0. The number of anilines is 1. The van der Waals surface area contributed by atoms with Gasteiger partial charge < -0.3 is 19.3 Å². The Bertz CT molecular complexity index is 1110. The minimum atomic E-state index is -1.42. The maximum absolute atomic E-state index is 15.3. The number of hydrogen-bond donors (Lipinski definition) is 1. The van der Waals surface area contributed by atoms with Crippen molar-refractivity contribution >= 4 is 22.6 Å². The number of benzene rings is 1. The maximum Gasteiger partial charge on any atom is 0.341 e. The number of rotatable bonds is 4. The number of alkyl halides is 1. The van der Waals surface area contributed by atoms with Crippen LogP contribution in [0.25, 0.3) is 10.9 Å². The van der Waals surface area contributed by atoms with Crippen molar-refractivity contribution < 1.29 is 23.4 Å². The molecular weight excluding hydrogens is 382 g/mol. The zero-order valence-electron chi connectivity index (χ0n) is 16.2. The van der Waals surface area contributed by atoms with Gasteiger partial charge >= 0.3 is 5.97 Å². The van der Waals surface area contributed by atoms with Crippen molar-refractivity contribution in [1.29, 1.82) is 0 Å². The van der Waals surface area contributed by atoms with Crippen molar-refractivity contribution in [3.63, 3.8) is 0 Å². The molecule has 1 spiro atoms. The molecular formula is C21H22F2N2O4. The van der Waals surface area contributed by atoms with Crippen LogP contribution in [0.3, 0.4) is 0 Å². The van der Waals surface area contributed by atoms with E-state index in [1.807, 2.05) is 4.90 Å². The van der Waals surface area contributed by atoms with Crippen LogP contribution in [0.15, 0.2) is 17.1 Å². The van der Waals surface area contributed by atoms with E-state index in [9.17, 15) is 19.1 Å². The van der Waals surface area contributed by atoms with Crippen molar-refractivity contribution in [3.05, 3.63) is 33.9 Å². The molecule has 0 radical (unpaired) electrons. The molecule has 6 nitrogen and oxygen atoms in total. The number of carboxylic acids is 1. The lowest BCUT2D eigenvalue weighted by atomic mass is 9.95. The van der Waals surface area contributed by atoms with Crippen LogP contribution in [-0.4, -0.2) is 42.0 Å². The second-order valence-electron chi connectivity index (χ2n) is 8.68. The highest BCUT2D eigenvalue weighted by molar-refractivity contribution is 5.97. The van der Waals surface area contributed by atoms with E-state index in [0.717, 1.165) is 25.1 Å². The first kappa shape index (κ1) is 18.4. The highest BCUT2D eigenvalue weighted by atomic mass is 19.1. The molecule has 3 atom stereocenters. The summed E-state index contributed by atoms with van der Waals surface area (Å²) in [7, 11) is 1.39. The smallest absolute Gasteiger partial charge is 0.341 e. The van der Waals surface area contributed by atoms with Gasteiger partial charge in [0.15, 0.2) is 11.6 Å². The second kappa shape index (κ2) is 5.93. The van der Waals surface area contributed by atoms with Gasteiger partial charge in [0.25, 0.3) is 0 Å². The zero-order chi connectivity index (χ0) is 20.7. The molecule has 1 aromatic heterocycles. The Balaban J connectivity index is 1.78. The Kier molecular flexibility index (Phi) is 3.76. The first-order chi connectivity index (χ1) is 13.8. The molecule has 154 valence electrons. The Morgan fingerprint density at radius 1 is 1.38 bits per heavy atom. The molecule has 29 heavy (non-hydrogen) atoms.